The van der Waals surface area contributed by atoms with Gasteiger partial charge in [-0.05, 0) is 29.7 Å². The van der Waals surface area contributed by atoms with Crippen molar-refractivity contribution < 1.29 is 9.59 Å². The molecule has 5 heteroatoms. The lowest BCUT2D eigenvalue weighted by molar-refractivity contribution is -0.132. The summed E-state index contributed by atoms with van der Waals surface area (Å²) in [4.78, 5) is 29.0. The summed E-state index contributed by atoms with van der Waals surface area (Å²) in [5.74, 6) is -1.11. The fourth-order valence-electron chi connectivity index (χ4n) is 3.10. The van der Waals surface area contributed by atoms with Gasteiger partial charge in [0.1, 0.15) is 5.92 Å². The maximum Gasteiger partial charge on any atom is 0.237 e. The van der Waals surface area contributed by atoms with E-state index in [-0.39, 0.29) is 23.1 Å². The van der Waals surface area contributed by atoms with Crippen molar-refractivity contribution in [2.24, 2.45) is 17.3 Å². The first-order chi connectivity index (χ1) is 10.9. The van der Waals surface area contributed by atoms with Crippen molar-refractivity contribution in [3.05, 3.63) is 36.5 Å². The number of hydrogen-bond acceptors (Lipinski definition) is 3. The molecule has 120 valence electrons. The van der Waals surface area contributed by atoms with Gasteiger partial charge in [-0.3, -0.25) is 14.6 Å². The number of nitrogens with one attached hydrogen (secondary N) is 2. The molecular formula is C18H21N3O2. The lowest BCUT2D eigenvalue weighted by atomic mass is 9.74. The molecule has 0 saturated carbocycles. The number of carbonyl (C=O) groups excluding carboxylic acids is 2. The summed E-state index contributed by atoms with van der Waals surface area (Å²) in [6.45, 7) is 6.71. The van der Waals surface area contributed by atoms with Crippen LogP contribution < -0.4 is 10.6 Å². The van der Waals surface area contributed by atoms with Gasteiger partial charge in [0.2, 0.25) is 11.8 Å². The fourth-order valence-corrected chi connectivity index (χ4v) is 3.10. The predicted octanol–water partition coefficient (Wildman–Crippen LogP) is 2.58. The zero-order valence-electron chi connectivity index (χ0n) is 13.6. The van der Waals surface area contributed by atoms with Gasteiger partial charge in [0.25, 0.3) is 0 Å². The number of pyridine rings is 1. The van der Waals surface area contributed by atoms with E-state index in [1.807, 2.05) is 30.3 Å². The van der Waals surface area contributed by atoms with Gasteiger partial charge in [0.15, 0.2) is 0 Å². The highest BCUT2D eigenvalue weighted by Gasteiger charge is 2.45. The van der Waals surface area contributed by atoms with E-state index in [9.17, 15) is 9.59 Å². The summed E-state index contributed by atoms with van der Waals surface area (Å²) in [5, 5.41) is 6.65. The van der Waals surface area contributed by atoms with Crippen LogP contribution in [-0.4, -0.2) is 23.3 Å². The van der Waals surface area contributed by atoms with Gasteiger partial charge in [0.05, 0.1) is 5.52 Å². The van der Waals surface area contributed by atoms with Crippen molar-refractivity contribution in [1.82, 2.24) is 10.3 Å². The molecule has 1 aliphatic rings. The van der Waals surface area contributed by atoms with Crippen LogP contribution in [0.4, 0.5) is 5.69 Å². The van der Waals surface area contributed by atoms with Crippen molar-refractivity contribution in [3.63, 3.8) is 0 Å². The molecule has 0 bridgehead atoms. The Morgan fingerprint density at radius 2 is 2.09 bits per heavy atom. The van der Waals surface area contributed by atoms with Crippen LogP contribution in [0.15, 0.2) is 36.5 Å². The van der Waals surface area contributed by atoms with Gasteiger partial charge >= 0.3 is 0 Å². The number of rotatable bonds is 2. The molecule has 0 aliphatic carbocycles. The summed E-state index contributed by atoms with van der Waals surface area (Å²) in [6.07, 6.45) is 1.73. The number of amides is 2. The number of fused-ring (bicyclic) bond motifs is 1. The molecular weight excluding hydrogens is 290 g/mol. The maximum absolute atomic E-state index is 12.6. The van der Waals surface area contributed by atoms with E-state index < -0.39 is 5.92 Å². The molecule has 2 amide bonds. The summed E-state index contributed by atoms with van der Waals surface area (Å²) in [7, 11) is 0. The molecule has 0 unspecified atom stereocenters. The van der Waals surface area contributed by atoms with Crippen molar-refractivity contribution in [2.45, 2.75) is 20.8 Å². The van der Waals surface area contributed by atoms with Crippen molar-refractivity contribution in [1.29, 1.82) is 0 Å². The van der Waals surface area contributed by atoms with E-state index in [1.54, 1.807) is 6.20 Å². The van der Waals surface area contributed by atoms with Gasteiger partial charge in [-0.2, -0.15) is 0 Å². The van der Waals surface area contributed by atoms with Crippen LogP contribution >= 0.6 is 0 Å². The van der Waals surface area contributed by atoms with Crippen LogP contribution in [-0.2, 0) is 9.59 Å². The minimum atomic E-state index is -0.653. The average molecular weight is 311 g/mol. The first-order valence-corrected chi connectivity index (χ1v) is 7.79. The summed E-state index contributed by atoms with van der Waals surface area (Å²) >= 11 is 0. The molecule has 1 fully saturated rings. The van der Waals surface area contributed by atoms with E-state index in [0.29, 0.717) is 12.2 Å². The molecule has 0 radical (unpaired) electrons. The SMILES string of the molecule is CC(C)(C)[C@H]1CNC(=O)[C@H]1C(=O)Nc1ccc2ncccc2c1. The zero-order valence-corrected chi connectivity index (χ0v) is 13.6. The molecule has 2 N–H and O–H groups in total. The Bertz CT molecular complexity index is 764. The molecule has 2 heterocycles. The molecule has 2 aromatic rings. The van der Waals surface area contributed by atoms with Crippen LogP contribution in [0.5, 0.6) is 0 Å². The third-order valence-corrected chi connectivity index (χ3v) is 4.45. The van der Waals surface area contributed by atoms with Crippen LogP contribution in [0.1, 0.15) is 20.8 Å². The number of nitrogens with zero attached hydrogens (tertiary/aromatic N) is 1. The first kappa shape index (κ1) is 15.5. The molecule has 1 aliphatic heterocycles. The molecule has 1 aromatic heterocycles. The van der Waals surface area contributed by atoms with Crippen LogP contribution in [0, 0.1) is 17.3 Å². The lowest BCUT2D eigenvalue weighted by Crippen LogP contribution is -2.37. The Balaban J connectivity index is 1.83. The quantitative estimate of drug-likeness (QED) is 0.837. The fraction of sp³-hybridized carbons (Fsp3) is 0.389. The monoisotopic (exact) mass is 311 g/mol. The smallest absolute Gasteiger partial charge is 0.237 e. The molecule has 0 spiro atoms. The second-order valence-electron chi connectivity index (χ2n) is 7.10. The van der Waals surface area contributed by atoms with Gasteiger partial charge in [-0.25, -0.2) is 0 Å². The third kappa shape index (κ3) is 3.04. The predicted molar refractivity (Wildman–Crippen MR) is 89.8 cm³/mol. The van der Waals surface area contributed by atoms with Crippen molar-refractivity contribution >= 4 is 28.4 Å². The zero-order chi connectivity index (χ0) is 16.6. The number of aromatic nitrogens is 1. The number of carbonyl (C=O) groups is 2. The van der Waals surface area contributed by atoms with E-state index >= 15 is 0 Å². The highest BCUT2D eigenvalue weighted by Crippen LogP contribution is 2.35. The summed E-state index contributed by atoms with van der Waals surface area (Å²) in [5.41, 5.74) is 1.44. The van der Waals surface area contributed by atoms with Gasteiger partial charge in [0, 0.05) is 29.7 Å². The standard InChI is InChI=1S/C18H21N3O2/c1-18(2,3)13-10-20-16(22)15(13)17(23)21-12-6-7-14-11(9-12)5-4-8-19-14/h4-9,13,15H,10H2,1-3H3,(H,20,22)(H,21,23)/t13-,15-/m0/s1. The highest BCUT2D eigenvalue weighted by molar-refractivity contribution is 6.08. The Kier molecular flexibility index (Phi) is 3.80. The summed E-state index contributed by atoms with van der Waals surface area (Å²) in [6, 6.07) is 9.35. The Morgan fingerprint density at radius 3 is 2.83 bits per heavy atom. The minimum Gasteiger partial charge on any atom is -0.355 e. The van der Waals surface area contributed by atoms with E-state index in [0.717, 1.165) is 10.9 Å². The second kappa shape index (κ2) is 5.65. The number of anilines is 1. The lowest BCUT2D eigenvalue weighted by Gasteiger charge is -2.29. The number of benzene rings is 1. The maximum atomic E-state index is 12.6. The van der Waals surface area contributed by atoms with Crippen molar-refractivity contribution in [2.75, 3.05) is 11.9 Å². The Hall–Kier alpha value is -2.43. The largest absolute Gasteiger partial charge is 0.355 e. The topological polar surface area (TPSA) is 71.1 Å². The molecule has 5 nitrogen and oxygen atoms in total. The highest BCUT2D eigenvalue weighted by atomic mass is 16.2. The Morgan fingerprint density at radius 1 is 1.30 bits per heavy atom. The van der Waals surface area contributed by atoms with E-state index in [2.05, 4.69) is 36.4 Å². The number of hydrogen-bond donors (Lipinski definition) is 2. The first-order valence-electron chi connectivity index (χ1n) is 7.79. The van der Waals surface area contributed by atoms with Gasteiger partial charge in [-0.1, -0.05) is 26.8 Å². The van der Waals surface area contributed by atoms with Crippen LogP contribution in [0.3, 0.4) is 0 Å². The van der Waals surface area contributed by atoms with Crippen LogP contribution in [0.2, 0.25) is 0 Å². The summed E-state index contributed by atoms with van der Waals surface area (Å²) < 4.78 is 0. The minimum absolute atomic E-state index is 0.0166. The van der Waals surface area contributed by atoms with Crippen LogP contribution in [0.25, 0.3) is 10.9 Å². The second-order valence-corrected chi connectivity index (χ2v) is 7.10. The Labute approximate surface area is 135 Å². The molecule has 2 atom stereocenters. The molecule has 1 aromatic carbocycles. The van der Waals surface area contributed by atoms with Gasteiger partial charge in [-0.15, -0.1) is 0 Å². The van der Waals surface area contributed by atoms with Crippen molar-refractivity contribution in [3.8, 4) is 0 Å². The normalized spacial score (nSPS) is 21.3. The third-order valence-electron chi connectivity index (χ3n) is 4.45. The molecule has 1 saturated heterocycles. The molecule has 3 rings (SSSR count). The average Bonchev–Trinajstić information content (AvgIpc) is 2.89. The molecule has 23 heavy (non-hydrogen) atoms. The van der Waals surface area contributed by atoms with E-state index in [1.165, 1.54) is 0 Å². The van der Waals surface area contributed by atoms with E-state index in [4.69, 9.17) is 0 Å². The van der Waals surface area contributed by atoms with Gasteiger partial charge < -0.3 is 10.6 Å².